The van der Waals surface area contributed by atoms with E-state index in [1.807, 2.05) is 0 Å². The fraction of sp³-hybridized carbons (Fsp3) is 0.571. The summed E-state index contributed by atoms with van der Waals surface area (Å²) < 4.78 is 153. The molecule has 0 aromatic heterocycles. The maximum Gasteiger partial charge on any atom is 0.307 e. The third kappa shape index (κ3) is 4.72. The molecule has 0 unspecified atom stereocenters. The van der Waals surface area contributed by atoms with Gasteiger partial charge in [-0.1, -0.05) is 0 Å². The lowest BCUT2D eigenvalue weighted by atomic mass is 10.1. The van der Waals surface area contributed by atoms with Crippen LogP contribution in [-0.2, 0) is 65.6 Å². The van der Waals surface area contributed by atoms with Gasteiger partial charge in [0.15, 0.2) is 29.5 Å². The van der Waals surface area contributed by atoms with E-state index in [1.165, 1.54) is 0 Å². The van der Waals surface area contributed by atoms with E-state index in [0.717, 1.165) is 0 Å². The van der Waals surface area contributed by atoms with Crippen LogP contribution in [0.25, 0.3) is 0 Å². The number of primary sulfonamides is 1. The van der Waals surface area contributed by atoms with E-state index < -0.39 is 107 Å². The minimum atomic E-state index is -5.25. The van der Waals surface area contributed by atoms with Crippen molar-refractivity contribution in [1.82, 2.24) is 0 Å². The molecule has 0 spiro atoms. The molecule has 1 aromatic carbocycles. The number of hydrogen-bond donors (Lipinski definition) is 1. The van der Waals surface area contributed by atoms with Crippen LogP contribution in [0.1, 0.15) is 12.0 Å². The molecule has 0 saturated heterocycles. The monoisotopic (exact) mass is 603 g/mol. The lowest BCUT2D eigenvalue weighted by Gasteiger charge is -2.37. The zero-order valence-corrected chi connectivity index (χ0v) is 23.1. The van der Waals surface area contributed by atoms with Crippen LogP contribution in [0.3, 0.4) is 0 Å². The van der Waals surface area contributed by atoms with Crippen molar-refractivity contribution in [2.45, 2.75) is 36.7 Å². The van der Waals surface area contributed by atoms with Gasteiger partial charge in [0.25, 0.3) is 0 Å². The van der Waals surface area contributed by atoms with Gasteiger partial charge in [0, 0.05) is 43.3 Å². The van der Waals surface area contributed by atoms with Gasteiger partial charge < -0.3 is 4.74 Å². The average molecular weight is 604 g/mol. The quantitative estimate of drug-likeness (QED) is 0.357. The largest absolute Gasteiger partial charge is 0.455 e. The topological polar surface area (TPSA) is 240 Å². The molecule has 0 bridgehead atoms. The van der Waals surface area contributed by atoms with Crippen LogP contribution in [0.5, 0.6) is 5.75 Å². The molecule has 1 aliphatic rings. The molecule has 0 saturated carbocycles. The third-order valence-electron chi connectivity index (χ3n) is 4.84. The minimum Gasteiger partial charge on any atom is -0.455 e. The van der Waals surface area contributed by atoms with Crippen LogP contribution >= 0.6 is 0 Å². The fourth-order valence-corrected chi connectivity index (χ4v) is 13.5. The highest BCUT2D eigenvalue weighted by Gasteiger charge is 2.57. The second kappa shape index (κ2) is 7.84. The Hall–Kier alpha value is -1.32. The van der Waals surface area contributed by atoms with E-state index in [4.69, 9.17) is 9.88 Å². The Balaban J connectivity index is 3.51. The predicted octanol–water partition coefficient (Wildman–Crippen LogP) is -2.39. The van der Waals surface area contributed by atoms with Gasteiger partial charge in [-0.2, -0.15) is 0 Å². The molecule has 196 valence electrons. The standard InChI is InChI=1S/C14H21NO13S6/c1-29(16,17)10-8-6-7-14(32(4,22)23,33(5,24)25)28-9(8)11(30(2,18)19)12(31(3,20)21)13(10)34(15,26)27/h6-7H2,1-5H3,(H2,15,26,27). The maximum absolute atomic E-state index is 12.7. The lowest BCUT2D eigenvalue weighted by Crippen LogP contribution is -2.53. The van der Waals surface area contributed by atoms with Crippen LogP contribution in [-0.4, -0.2) is 86.1 Å². The first-order chi connectivity index (χ1) is 14.7. The number of sulfone groups is 5. The summed E-state index contributed by atoms with van der Waals surface area (Å²) in [4.78, 5) is -5.81. The highest BCUT2D eigenvalue weighted by atomic mass is 32.3. The normalized spacial score (nSPS) is 17.6. The Morgan fingerprint density at radius 3 is 1.29 bits per heavy atom. The Labute approximate surface area is 198 Å². The van der Waals surface area contributed by atoms with Gasteiger partial charge in [0.2, 0.25) is 29.7 Å². The Kier molecular flexibility index (Phi) is 6.67. The highest BCUT2D eigenvalue weighted by molar-refractivity contribution is 8.09. The molecule has 1 aromatic rings. The Morgan fingerprint density at radius 1 is 0.618 bits per heavy atom. The zero-order chi connectivity index (χ0) is 27.1. The van der Waals surface area contributed by atoms with E-state index in [-0.39, 0.29) is 0 Å². The molecule has 1 aliphatic heterocycles. The van der Waals surface area contributed by atoms with Crippen LogP contribution < -0.4 is 9.88 Å². The first-order valence-corrected chi connectivity index (χ1v) is 19.6. The number of benzene rings is 1. The molecule has 1 heterocycles. The maximum atomic E-state index is 12.7. The zero-order valence-electron chi connectivity index (χ0n) is 18.2. The highest BCUT2D eigenvalue weighted by Crippen LogP contribution is 2.50. The van der Waals surface area contributed by atoms with E-state index in [9.17, 15) is 50.5 Å². The molecule has 34 heavy (non-hydrogen) atoms. The van der Waals surface area contributed by atoms with Gasteiger partial charge in [0.05, 0.1) is 4.90 Å². The molecule has 0 atom stereocenters. The van der Waals surface area contributed by atoms with Gasteiger partial charge in [-0.05, 0) is 6.42 Å². The summed E-state index contributed by atoms with van der Waals surface area (Å²) in [5.74, 6) is -1.22. The van der Waals surface area contributed by atoms with Crippen LogP contribution in [0, 0.1) is 0 Å². The smallest absolute Gasteiger partial charge is 0.307 e. The van der Waals surface area contributed by atoms with Crippen molar-refractivity contribution < 1.29 is 55.2 Å². The molecule has 14 nitrogen and oxygen atoms in total. The summed E-state index contributed by atoms with van der Waals surface area (Å²) in [5.41, 5.74) is -0.748. The average Bonchev–Trinajstić information content (AvgIpc) is 2.53. The number of sulfonamides is 1. The second-order valence-corrected chi connectivity index (χ2v) is 19.8. The molecule has 0 amide bonds. The van der Waals surface area contributed by atoms with Crippen molar-refractivity contribution in [3.05, 3.63) is 5.56 Å². The first kappa shape index (κ1) is 28.9. The van der Waals surface area contributed by atoms with E-state index in [2.05, 4.69) is 0 Å². The fourth-order valence-electron chi connectivity index (χ4n) is 3.63. The second-order valence-electron chi connectivity index (χ2n) is 7.82. The molecular formula is C14H21NO13S6. The van der Waals surface area contributed by atoms with E-state index in [1.54, 1.807) is 0 Å². The van der Waals surface area contributed by atoms with Gasteiger partial charge in [-0.3, -0.25) is 0 Å². The lowest BCUT2D eigenvalue weighted by molar-refractivity contribution is 0.191. The van der Waals surface area contributed by atoms with E-state index in [0.29, 0.717) is 31.3 Å². The van der Waals surface area contributed by atoms with Gasteiger partial charge in [-0.15, -0.1) is 0 Å². The number of fused-ring (bicyclic) bond motifs is 1. The van der Waals surface area contributed by atoms with Crippen molar-refractivity contribution >= 4 is 59.2 Å². The van der Waals surface area contributed by atoms with Gasteiger partial charge in [-0.25, -0.2) is 55.6 Å². The molecule has 2 rings (SSSR count). The number of nitrogens with two attached hydrogens (primary N) is 1. The summed E-state index contributed by atoms with van der Waals surface area (Å²) in [7, 11) is -29.2. The molecular weight excluding hydrogens is 583 g/mol. The van der Waals surface area contributed by atoms with Gasteiger partial charge >= 0.3 is 4.27 Å². The van der Waals surface area contributed by atoms with Gasteiger partial charge in [0.1, 0.15) is 20.4 Å². The SMILES string of the molecule is CS(=O)(=O)c1c2c(c(S(C)(=O)=O)c(S(N)(=O)=O)c1S(C)(=O)=O)CCC(S(C)(=O)=O)(S(C)(=O)=O)O2. The van der Waals surface area contributed by atoms with Crippen molar-refractivity contribution in [3.63, 3.8) is 0 Å². The van der Waals surface area contributed by atoms with Crippen LogP contribution in [0.15, 0.2) is 19.6 Å². The molecule has 0 aliphatic carbocycles. The molecule has 0 radical (unpaired) electrons. The minimum absolute atomic E-state index is 0.355. The first-order valence-electron chi connectivity index (χ1n) is 8.62. The summed E-state index contributed by atoms with van der Waals surface area (Å²) in [6.45, 7) is 0. The van der Waals surface area contributed by atoms with Crippen LogP contribution in [0.2, 0.25) is 0 Å². The summed E-state index contributed by atoms with van der Waals surface area (Å²) in [6.07, 6.45) is 0.356. The van der Waals surface area contributed by atoms with Crippen molar-refractivity contribution in [1.29, 1.82) is 0 Å². The predicted molar refractivity (Wildman–Crippen MR) is 119 cm³/mol. The summed E-state index contributed by atoms with van der Waals surface area (Å²) >= 11 is 0. The Morgan fingerprint density at radius 2 is 1.00 bits per heavy atom. The third-order valence-corrected chi connectivity index (χ3v) is 14.3. The summed E-state index contributed by atoms with van der Waals surface area (Å²) in [6, 6.07) is 0. The molecule has 2 N–H and O–H groups in total. The number of ether oxygens (including phenoxy) is 1. The summed E-state index contributed by atoms with van der Waals surface area (Å²) in [5, 5.41) is 5.10. The van der Waals surface area contributed by atoms with Crippen molar-refractivity contribution in [2.75, 3.05) is 31.3 Å². The van der Waals surface area contributed by atoms with Crippen molar-refractivity contribution in [3.8, 4) is 5.75 Å². The molecule has 20 heteroatoms. The Bertz CT molecular complexity index is 1720. The van der Waals surface area contributed by atoms with E-state index >= 15 is 0 Å². The molecule has 0 fully saturated rings. The number of hydrogen-bond acceptors (Lipinski definition) is 13. The van der Waals surface area contributed by atoms with Crippen LogP contribution in [0.4, 0.5) is 0 Å². The van der Waals surface area contributed by atoms with Crippen molar-refractivity contribution in [2.24, 2.45) is 5.14 Å². The number of rotatable bonds is 6.